The number of hydrogen-bond acceptors (Lipinski definition) is 5. The second kappa shape index (κ2) is 7.04. The monoisotopic (exact) mass is 314 g/mol. The number of rotatable bonds is 6. The molecular formula is C16H18N4O3. The van der Waals surface area contributed by atoms with E-state index in [4.69, 9.17) is 4.52 Å². The van der Waals surface area contributed by atoms with Gasteiger partial charge in [0.15, 0.2) is 11.5 Å². The number of pyridine rings is 1. The molecule has 0 aliphatic carbocycles. The number of aromatic nitrogens is 2. The molecule has 3 rings (SSSR count). The van der Waals surface area contributed by atoms with Crippen molar-refractivity contribution in [2.24, 2.45) is 0 Å². The van der Waals surface area contributed by atoms with Crippen LogP contribution < -0.4 is 5.32 Å². The van der Waals surface area contributed by atoms with Crippen LogP contribution in [-0.2, 0) is 4.79 Å². The molecule has 1 saturated heterocycles. The Bertz CT molecular complexity index is 684. The van der Waals surface area contributed by atoms with E-state index in [-0.39, 0.29) is 17.5 Å². The molecule has 3 heterocycles. The smallest absolute Gasteiger partial charge is 0.273 e. The van der Waals surface area contributed by atoms with Crippen molar-refractivity contribution in [3.05, 3.63) is 36.3 Å². The van der Waals surface area contributed by atoms with Gasteiger partial charge in [-0.05, 0) is 25.0 Å². The predicted octanol–water partition coefficient (Wildman–Crippen LogP) is 1.48. The third kappa shape index (κ3) is 3.74. The summed E-state index contributed by atoms with van der Waals surface area (Å²) in [6.45, 7) is 2.00. The number of nitrogens with one attached hydrogen (secondary N) is 1. The molecule has 2 aromatic rings. The van der Waals surface area contributed by atoms with Crippen molar-refractivity contribution in [1.82, 2.24) is 20.4 Å². The van der Waals surface area contributed by atoms with E-state index in [9.17, 15) is 9.59 Å². The second-order valence-corrected chi connectivity index (χ2v) is 5.41. The van der Waals surface area contributed by atoms with E-state index in [1.54, 1.807) is 24.5 Å². The van der Waals surface area contributed by atoms with E-state index < -0.39 is 0 Å². The Morgan fingerprint density at radius 2 is 2.35 bits per heavy atom. The van der Waals surface area contributed by atoms with Crippen molar-refractivity contribution in [2.45, 2.75) is 19.3 Å². The van der Waals surface area contributed by atoms with Gasteiger partial charge in [0.05, 0.1) is 0 Å². The largest absolute Gasteiger partial charge is 0.355 e. The lowest BCUT2D eigenvalue weighted by Crippen LogP contribution is -2.30. The van der Waals surface area contributed by atoms with Crippen LogP contribution in [0.1, 0.15) is 29.8 Å². The van der Waals surface area contributed by atoms with Gasteiger partial charge in [-0.25, -0.2) is 0 Å². The molecule has 2 amide bonds. The Labute approximate surface area is 133 Å². The zero-order chi connectivity index (χ0) is 16.1. The van der Waals surface area contributed by atoms with Gasteiger partial charge in [-0.1, -0.05) is 5.16 Å². The molecule has 7 nitrogen and oxygen atoms in total. The second-order valence-electron chi connectivity index (χ2n) is 5.41. The van der Waals surface area contributed by atoms with E-state index in [1.807, 2.05) is 11.0 Å². The molecular weight excluding hydrogens is 296 g/mol. The summed E-state index contributed by atoms with van der Waals surface area (Å²) >= 11 is 0. The number of amides is 2. The maximum Gasteiger partial charge on any atom is 0.273 e. The van der Waals surface area contributed by atoms with Crippen LogP contribution in [-0.4, -0.2) is 46.5 Å². The molecule has 1 N–H and O–H groups in total. The SMILES string of the molecule is O=C(NCCCN1CCCC1=O)c1cc(-c2cccnc2)on1. The van der Waals surface area contributed by atoms with Crippen molar-refractivity contribution in [3.63, 3.8) is 0 Å². The van der Waals surface area contributed by atoms with E-state index in [0.29, 0.717) is 25.3 Å². The van der Waals surface area contributed by atoms with Crippen LogP contribution in [0, 0.1) is 0 Å². The molecule has 1 fully saturated rings. The molecule has 0 atom stereocenters. The van der Waals surface area contributed by atoms with Crippen molar-refractivity contribution >= 4 is 11.8 Å². The lowest BCUT2D eigenvalue weighted by Gasteiger charge is -2.14. The van der Waals surface area contributed by atoms with Crippen LogP contribution in [0.5, 0.6) is 0 Å². The molecule has 0 unspecified atom stereocenters. The first-order valence-corrected chi connectivity index (χ1v) is 7.67. The van der Waals surface area contributed by atoms with Crippen molar-refractivity contribution in [3.8, 4) is 11.3 Å². The van der Waals surface area contributed by atoms with Gasteiger partial charge in [0.1, 0.15) is 0 Å². The highest BCUT2D eigenvalue weighted by Crippen LogP contribution is 2.18. The lowest BCUT2D eigenvalue weighted by atomic mass is 10.2. The van der Waals surface area contributed by atoms with E-state index in [0.717, 1.165) is 24.9 Å². The third-order valence-corrected chi connectivity index (χ3v) is 3.75. The molecule has 0 bridgehead atoms. The van der Waals surface area contributed by atoms with Crippen LogP contribution >= 0.6 is 0 Å². The zero-order valence-corrected chi connectivity index (χ0v) is 12.7. The minimum absolute atomic E-state index is 0.203. The van der Waals surface area contributed by atoms with E-state index in [1.165, 1.54) is 0 Å². The Hall–Kier alpha value is -2.70. The van der Waals surface area contributed by atoms with Gasteiger partial charge in [-0.15, -0.1) is 0 Å². The summed E-state index contributed by atoms with van der Waals surface area (Å²) in [5.74, 6) is 0.427. The Morgan fingerprint density at radius 1 is 1.43 bits per heavy atom. The van der Waals surface area contributed by atoms with Crippen LogP contribution in [0.2, 0.25) is 0 Å². The summed E-state index contributed by atoms with van der Waals surface area (Å²) in [5, 5.41) is 6.57. The molecule has 0 saturated carbocycles. The van der Waals surface area contributed by atoms with Gasteiger partial charge in [0.25, 0.3) is 5.91 Å². The van der Waals surface area contributed by atoms with Gasteiger partial charge in [-0.2, -0.15) is 0 Å². The number of carbonyl (C=O) groups excluding carboxylic acids is 2. The molecule has 1 aliphatic heterocycles. The highest BCUT2D eigenvalue weighted by molar-refractivity contribution is 5.93. The molecule has 1 aliphatic rings. The average Bonchev–Trinajstić information content (AvgIpc) is 3.22. The van der Waals surface area contributed by atoms with Gasteiger partial charge in [0, 0.05) is 50.1 Å². The maximum atomic E-state index is 12.0. The van der Waals surface area contributed by atoms with E-state index in [2.05, 4.69) is 15.5 Å². The van der Waals surface area contributed by atoms with Crippen LogP contribution in [0.25, 0.3) is 11.3 Å². The highest BCUT2D eigenvalue weighted by Gasteiger charge is 2.19. The topological polar surface area (TPSA) is 88.3 Å². The van der Waals surface area contributed by atoms with Gasteiger partial charge >= 0.3 is 0 Å². The number of likely N-dealkylation sites (tertiary alicyclic amines) is 1. The first-order valence-electron chi connectivity index (χ1n) is 7.67. The minimum atomic E-state index is -0.281. The van der Waals surface area contributed by atoms with Gasteiger partial charge in [0.2, 0.25) is 5.91 Å². The summed E-state index contributed by atoms with van der Waals surface area (Å²) < 4.78 is 5.17. The Kier molecular flexibility index (Phi) is 4.65. The zero-order valence-electron chi connectivity index (χ0n) is 12.7. The molecule has 2 aromatic heterocycles. The maximum absolute atomic E-state index is 12.0. The number of carbonyl (C=O) groups is 2. The number of hydrogen-bond donors (Lipinski definition) is 1. The first-order chi connectivity index (χ1) is 11.2. The lowest BCUT2D eigenvalue weighted by molar-refractivity contribution is -0.127. The van der Waals surface area contributed by atoms with Gasteiger partial charge in [-0.3, -0.25) is 14.6 Å². The normalized spacial score (nSPS) is 14.3. The predicted molar refractivity (Wildman–Crippen MR) is 82.5 cm³/mol. The fourth-order valence-electron chi connectivity index (χ4n) is 2.53. The number of nitrogens with zero attached hydrogens (tertiary/aromatic N) is 3. The Balaban J connectivity index is 1.47. The van der Waals surface area contributed by atoms with Crippen LogP contribution in [0.4, 0.5) is 0 Å². The fraction of sp³-hybridized carbons (Fsp3) is 0.375. The van der Waals surface area contributed by atoms with Crippen LogP contribution in [0.15, 0.2) is 35.1 Å². The molecule has 0 spiro atoms. The summed E-state index contributed by atoms with van der Waals surface area (Å²) in [4.78, 5) is 29.3. The quantitative estimate of drug-likeness (QED) is 0.816. The fourth-order valence-corrected chi connectivity index (χ4v) is 2.53. The molecule has 120 valence electrons. The summed E-state index contributed by atoms with van der Waals surface area (Å²) in [7, 11) is 0. The highest BCUT2D eigenvalue weighted by atomic mass is 16.5. The molecule has 0 aromatic carbocycles. The Morgan fingerprint density at radius 3 is 3.09 bits per heavy atom. The van der Waals surface area contributed by atoms with Crippen LogP contribution in [0.3, 0.4) is 0 Å². The summed E-state index contributed by atoms with van der Waals surface area (Å²) in [5.41, 5.74) is 1.01. The minimum Gasteiger partial charge on any atom is -0.355 e. The van der Waals surface area contributed by atoms with E-state index >= 15 is 0 Å². The van der Waals surface area contributed by atoms with Crippen molar-refractivity contribution in [1.29, 1.82) is 0 Å². The molecule has 7 heteroatoms. The van der Waals surface area contributed by atoms with Gasteiger partial charge < -0.3 is 14.7 Å². The first kappa shape index (κ1) is 15.2. The van der Waals surface area contributed by atoms with Crippen molar-refractivity contribution < 1.29 is 14.1 Å². The summed E-state index contributed by atoms with van der Waals surface area (Å²) in [6.07, 6.45) is 5.61. The average molecular weight is 314 g/mol. The standard InChI is InChI=1S/C16H18N4O3/c21-15-5-2-8-20(15)9-3-7-18-16(22)13-10-14(23-19-13)12-4-1-6-17-11-12/h1,4,6,10-11H,2-3,5,7-9H2,(H,18,22). The third-order valence-electron chi connectivity index (χ3n) is 3.75. The molecule has 23 heavy (non-hydrogen) atoms. The summed E-state index contributed by atoms with van der Waals surface area (Å²) in [6, 6.07) is 5.22. The molecule has 0 radical (unpaired) electrons. The van der Waals surface area contributed by atoms with Crippen molar-refractivity contribution in [2.75, 3.05) is 19.6 Å².